The van der Waals surface area contributed by atoms with Crippen molar-refractivity contribution in [1.29, 1.82) is 0 Å². The normalized spacial score (nSPS) is 10.5. The monoisotopic (exact) mass is 308 g/mol. The van der Waals surface area contributed by atoms with Crippen LogP contribution in [0.1, 0.15) is 21.6 Å². The third-order valence-electron chi connectivity index (χ3n) is 2.81. The van der Waals surface area contributed by atoms with Gasteiger partial charge in [-0.1, -0.05) is 41.4 Å². The van der Waals surface area contributed by atoms with Gasteiger partial charge in [0.1, 0.15) is 5.69 Å². The first kappa shape index (κ1) is 15.0. The SMILES string of the molecule is Cc1ccc(CSCCNC(=O)c2cc(Cl)c[nH]2)cc1. The summed E-state index contributed by atoms with van der Waals surface area (Å²) in [6.07, 6.45) is 1.60. The topological polar surface area (TPSA) is 44.9 Å². The van der Waals surface area contributed by atoms with Crippen molar-refractivity contribution in [3.63, 3.8) is 0 Å². The van der Waals surface area contributed by atoms with Crippen molar-refractivity contribution in [3.8, 4) is 0 Å². The van der Waals surface area contributed by atoms with E-state index in [4.69, 9.17) is 11.6 Å². The fourth-order valence-corrected chi connectivity index (χ4v) is 2.69. The summed E-state index contributed by atoms with van der Waals surface area (Å²) in [5.74, 6) is 1.73. The Kier molecular flexibility index (Phi) is 5.56. The molecule has 0 saturated heterocycles. The summed E-state index contributed by atoms with van der Waals surface area (Å²) in [6, 6.07) is 10.1. The minimum Gasteiger partial charge on any atom is -0.356 e. The number of hydrogen-bond acceptors (Lipinski definition) is 2. The fourth-order valence-electron chi connectivity index (χ4n) is 1.71. The molecule has 3 nitrogen and oxygen atoms in total. The van der Waals surface area contributed by atoms with Crippen molar-refractivity contribution < 1.29 is 4.79 Å². The number of halogens is 1. The van der Waals surface area contributed by atoms with Gasteiger partial charge in [0.15, 0.2) is 0 Å². The van der Waals surface area contributed by atoms with E-state index in [1.54, 1.807) is 24.0 Å². The molecule has 0 spiro atoms. The Morgan fingerprint density at radius 3 is 2.75 bits per heavy atom. The van der Waals surface area contributed by atoms with E-state index in [9.17, 15) is 4.79 Å². The van der Waals surface area contributed by atoms with Crippen LogP contribution < -0.4 is 5.32 Å². The minimum atomic E-state index is -0.118. The van der Waals surface area contributed by atoms with Crippen LogP contribution in [0.2, 0.25) is 5.02 Å². The first-order valence-electron chi connectivity index (χ1n) is 6.40. The fraction of sp³-hybridized carbons (Fsp3) is 0.267. The van der Waals surface area contributed by atoms with Gasteiger partial charge in [-0.3, -0.25) is 4.79 Å². The Morgan fingerprint density at radius 1 is 1.35 bits per heavy atom. The number of rotatable bonds is 6. The number of carbonyl (C=O) groups excluding carboxylic acids is 1. The molecule has 0 fully saturated rings. The third kappa shape index (κ3) is 4.62. The van der Waals surface area contributed by atoms with Crippen LogP contribution >= 0.6 is 23.4 Å². The maximum Gasteiger partial charge on any atom is 0.267 e. The van der Waals surface area contributed by atoms with E-state index in [1.807, 2.05) is 0 Å². The van der Waals surface area contributed by atoms with Crippen molar-refractivity contribution in [2.24, 2.45) is 0 Å². The molecular weight excluding hydrogens is 292 g/mol. The summed E-state index contributed by atoms with van der Waals surface area (Å²) >= 11 is 7.56. The number of amides is 1. The van der Waals surface area contributed by atoms with Crippen molar-refractivity contribution in [3.05, 3.63) is 58.4 Å². The minimum absolute atomic E-state index is 0.118. The van der Waals surface area contributed by atoms with E-state index in [0.29, 0.717) is 17.3 Å². The number of nitrogens with one attached hydrogen (secondary N) is 2. The van der Waals surface area contributed by atoms with Crippen LogP contribution in [0.5, 0.6) is 0 Å². The van der Waals surface area contributed by atoms with Crippen LogP contribution in [0.25, 0.3) is 0 Å². The molecule has 1 aromatic carbocycles. The molecule has 1 heterocycles. The quantitative estimate of drug-likeness (QED) is 0.800. The Labute approximate surface area is 128 Å². The van der Waals surface area contributed by atoms with Crippen LogP contribution in [0.4, 0.5) is 0 Å². The van der Waals surface area contributed by atoms with Crippen LogP contribution in [0, 0.1) is 6.92 Å². The molecule has 0 aliphatic heterocycles. The maximum absolute atomic E-state index is 11.7. The lowest BCUT2D eigenvalue weighted by Gasteiger charge is -2.04. The van der Waals surface area contributed by atoms with Gasteiger partial charge in [-0.2, -0.15) is 11.8 Å². The summed E-state index contributed by atoms with van der Waals surface area (Å²) in [6.45, 7) is 2.73. The number of carbonyl (C=O) groups is 1. The van der Waals surface area contributed by atoms with Gasteiger partial charge in [0.05, 0.1) is 5.02 Å². The zero-order chi connectivity index (χ0) is 14.4. The average molecular weight is 309 g/mol. The molecule has 5 heteroatoms. The van der Waals surface area contributed by atoms with Gasteiger partial charge in [0.2, 0.25) is 0 Å². The van der Waals surface area contributed by atoms with E-state index in [1.165, 1.54) is 11.1 Å². The zero-order valence-electron chi connectivity index (χ0n) is 11.3. The molecule has 106 valence electrons. The van der Waals surface area contributed by atoms with Crippen LogP contribution in [-0.2, 0) is 5.75 Å². The number of aromatic amines is 1. The highest BCUT2D eigenvalue weighted by atomic mass is 35.5. The Bertz CT molecular complexity index is 566. The number of hydrogen-bond donors (Lipinski definition) is 2. The van der Waals surface area contributed by atoms with Gasteiger partial charge in [0, 0.05) is 24.2 Å². The molecule has 20 heavy (non-hydrogen) atoms. The lowest BCUT2D eigenvalue weighted by molar-refractivity contribution is 0.0952. The van der Waals surface area contributed by atoms with Crippen molar-refractivity contribution in [2.45, 2.75) is 12.7 Å². The molecule has 2 aromatic rings. The predicted molar refractivity (Wildman–Crippen MR) is 85.5 cm³/mol. The molecule has 0 aliphatic carbocycles. The van der Waals surface area contributed by atoms with Crippen LogP contribution in [0.15, 0.2) is 36.5 Å². The average Bonchev–Trinajstić information content (AvgIpc) is 2.87. The molecule has 0 radical (unpaired) electrons. The predicted octanol–water partition coefficient (Wildman–Crippen LogP) is 3.64. The van der Waals surface area contributed by atoms with E-state index in [-0.39, 0.29) is 5.91 Å². The van der Waals surface area contributed by atoms with Gasteiger partial charge >= 0.3 is 0 Å². The lowest BCUT2D eigenvalue weighted by atomic mass is 10.2. The number of thioether (sulfide) groups is 1. The molecule has 2 N–H and O–H groups in total. The largest absolute Gasteiger partial charge is 0.356 e. The summed E-state index contributed by atoms with van der Waals surface area (Å²) in [4.78, 5) is 14.5. The second-order valence-electron chi connectivity index (χ2n) is 4.53. The Balaban J connectivity index is 1.64. The molecule has 2 rings (SSSR count). The number of benzene rings is 1. The number of aryl methyl sites for hydroxylation is 1. The zero-order valence-corrected chi connectivity index (χ0v) is 12.9. The van der Waals surface area contributed by atoms with Gasteiger partial charge in [0.25, 0.3) is 5.91 Å². The number of H-pyrrole nitrogens is 1. The van der Waals surface area contributed by atoms with Crippen molar-refractivity contribution in [1.82, 2.24) is 10.3 Å². The van der Waals surface area contributed by atoms with Gasteiger partial charge in [-0.25, -0.2) is 0 Å². The van der Waals surface area contributed by atoms with Crippen LogP contribution in [0.3, 0.4) is 0 Å². The standard InChI is InChI=1S/C15H17ClN2OS/c1-11-2-4-12(5-3-11)10-20-7-6-17-15(19)14-8-13(16)9-18-14/h2-5,8-9,18H,6-7,10H2,1H3,(H,17,19). The summed E-state index contributed by atoms with van der Waals surface area (Å²) in [5.41, 5.74) is 3.08. The molecule has 0 saturated carbocycles. The van der Waals surface area contributed by atoms with Gasteiger partial charge in [-0.05, 0) is 18.6 Å². The highest BCUT2D eigenvalue weighted by molar-refractivity contribution is 7.98. The Morgan fingerprint density at radius 2 is 2.10 bits per heavy atom. The molecule has 0 atom stereocenters. The molecule has 1 amide bonds. The van der Waals surface area contributed by atoms with Gasteiger partial charge in [-0.15, -0.1) is 0 Å². The van der Waals surface area contributed by atoms with E-state index in [0.717, 1.165) is 11.5 Å². The summed E-state index contributed by atoms with van der Waals surface area (Å²) in [5, 5.41) is 3.40. The molecule has 0 unspecified atom stereocenters. The third-order valence-corrected chi connectivity index (χ3v) is 4.06. The molecule has 1 aromatic heterocycles. The molecule has 0 aliphatic rings. The number of aromatic nitrogens is 1. The van der Waals surface area contributed by atoms with Gasteiger partial charge < -0.3 is 10.3 Å². The van der Waals surface area contributed by atoms with E-state index >= 15 is 0 Å². The van der Waals surface area contributed by atoms with Crippen molar-refractivity contribution in [2.75, 3.05) is 12.3 Å². The van der Waals surface area contributed by atoms with E-state index in [2.05, 4.69) is 41.5 Å². The highest BCUT2D eigenvalue weighted by Gasteiger charge is 2.06. The van der Waals surface area contributed by atoms with Crippen molar-refractivity contribution >= 4 is 29.3 Å². The van der Waals surface area contributed by atoms with Crippen LogP contribution in [-0.4, -0.2) is 23.2 Å². The lowest BCUT2D eigenvalue weighted by Crippen LogP contribution is -2.25. The first-order valence-corrected chi connectivity index (χ1v) is 7.94. The summed E-state index contributed by atoms with van der Waals surface area (Å²) < 4.78 is 0. The second kappa shape index (κ2) is 7.41. The summed E-state index contributed by atoms with van der Waals surface area (Å²) in [7, 11) is 0. The van der Waals surface area contributed by atoms with E-state index < -0.39 is 0 Å². The second-order valence-corrected chi connectivity index (χ2v) is 6.07. The first-order chi connectivity index (χ1) is 9.65. The smallest absolute Gasteiger partial charge is 0.267 e. The Hall–Kier alpha value is -1.39. The molecular formula is C15H17ClN2OS. The highest BCUT2D eigenvalue weighted by Crippen LogP contribution is 2.12. The molecule has 0 bridgehead atoms. The maximum atomic E-state index is 11.7.